The first-order valence-corrected chi connectivity index (χ1v) is 6.64. The predicted octanol–water partition coefficient (Wildman–Crippen LogP) is 1.26. The monoisotopic (exact) mass is 273 g/mol. The van der Waals surface area contributed by atoms with Crippen LogP contribution in [0.15, 0.2) is 36.9 Å². The maximum atomic E-state index is 11.7. The molecule has 0 atom stereocenters. The Balaban J connectivity index is 1.83. The van der Waals surface area contributed by atoms with Crippen LogP contribution in [0.3, 0.4) is 0 Å². The summed E-state index contributed by atoms with van der Waals surface area (Å²) in [5.41, 5.74) is 1.94. The van der Waals surface area contributed by atoms with Crippen LogP contribution < -0.4 is 10.6 Å². The van der Waals surface area contributed by atoms with Crippen molar-refractivity contribution in [3.05, 3.63) is 42.5 Å². The minimum Gasteiger partial charge on any atom is -0.326 e. The summed E-state index contributed by atoms with van der Waals surface area (Å²) in [6, 6.07) is 7.76. The van der Waals surface area contributed by atoms with Crippen molar-refractivity contribution < 1.29 is 4.79 Å². The minimum absolute atomic E-state index is 0.0456. The average molecular weight is 273 g/mol. The smallest absolute Gasteiger partial charge is 0.224 e. The van der Waals surface area contributed by atoms with E-state index in [0.717, 1.165) is 24.2 Å². The van der Waals surface area contributed by atoms with Gasteiger partial charge in [0.25, 0.3) is 0 Å². The van der Waals surface area contributed by atoms with Gasteiger partial charge in [0.15, 0.2) is 0 Å². The fourth-order valence-electron chi connectivity index (χ4n) is 1.84. The largest absolute Gasteiger partial charge is 0.326 e. The molecule has 0 saturated heterocycles. The maximum Gasteiger partial charge on any atom is 0.224 e. The summed E-state index contributed by atoms with van der Waals surface area (Å²) in [6.45, 7) is 1.53. The fraction of sp³-hybridized carbons (Fsp3) is 0.357. The van der Waals surface area contributed by atoms with Crippen molar-refractivity contribution >= 4 is 11.6 Å². The Morgan fingerprint density at radius 2 is 2.10 bits per heavy atom. The molecule has 0 aliphatic rings. The van der Waals surface area contributed by atoms with Gasteiger partial charge in [-0.05, 0) is 37.7 Å². The van der Waals surface area contributed by atoms with Gasteiger partial charge in [0.05, 0.1) is 6.54 Å². The molecule has 6 nitrogen and oxygen atoms in total. The van der Waals surface area contributed by atoms with E-state index in [1.165, 1.54) is 6.33 Å². The van der Waals surface area contributed by atoms with Gasteiger partial charge in [0.2, 0.25) is 5.91 Å². The van der Waals surface area contributed by atoms with Crippen molar-refractivity contribution in [2.24, 2.45) is 0 Å². The highest BCUT2D eigenvalue weighted by Gasteiger charge is 2.02. The molecule has 1 aromatic carbocycles. The van der Waals surface area contributed by atoms with E-state index in [1.54, 1.807) is 11.0 Å². The van der Waals surface area contributed by atoms with Crippen LogP contribution in [0.5, 0.6) is 0 Å². The summed E-state index contributed by atoms with van der Waals surface area (Å²) < 4.78 is 1.76. The van der Waals surface area contributed by atoms with Crippen LogP contribution >= 0.6 is 0 Å². The Hall–Kier alpha value is -2.21. The number of hydrogen-bond donors (Lipinski definition) is 2. The second-order valence-corrected chi connectivity index (χ2v) is 4.55. The lowest BCUT2D eigenvalue weighted by Gasteiger charge is -2.06. The molecule has 0 aliphatic carbocycles. The molecule has 0 unspecified atom stereocenters. The topological polar surface area (TPSA) is 71.8 Å². The summed E-state index contributed by atoms with van der Waals surface area (Å²) in [4.78, 5) is 15.6. The lowest BCUT2D eigenvalue weighted by molar-refractivity contribution is -0.116. The van der Waals surface area contributed by atoms with Gasteiger partial charge in [-0.1, -0.05) is 12.1 Å². The number of amides is 1. The molecule has 0 aliphatic heterocycles. The van der Waals surface area contributed by atoms with E-state index in [4.69, 9.17) is 0 Å². The molecule has 106 valence electrons. The van der Waals surface area contributed by atoms with Gasteiger partial charge < -0.3 is 10.6 Å². The third kappa shape index (κ3) is 4.47. The van der Waals surface area contributed by atoms with E-state index in [0.29, 0.717) is 13.0 Å². The molecular formula is C14H19N5O. The van der Waals surface area contributed by atoms with Crippen LogP contribution in [0.4, 0.5) is 5.69 Å². The van der Waals surface area contributed by atoms with Crippen molar-refractivity contribution in [2.75, 3.05) is 18.9 Å². The molecule has 0 bridgehead atoms. The van der Waals surface area contributed by atoms with E-state index >= 15 is 0 Å². The summed E-state index contributed by atoms with van der Waals surface area (Å²) in [6.07, 6.45) is 4.56. The van der Waals surface area contributed by atoms with E-state index in [1.807, 2.05) is 31.3 Å². The summed E-state index contributed by atoms with van der Waals surface area (Å²) >= 11 is 0. The molecule has 6 heteroatoms. The Bertz CT molecular complexity index is 521. The minimum atomic E-state index is 0.0456. The summed E-state index contributed by atoms with van der Waals surface area (Å²) in [5.74, 6) is 0.0456. The van der Waals surface area contributed by atoms with Gasteiger partial charge in [-0.3, -0.25) is 4.79 Å². The van der Waals surface area contributed by atoms with Gasteiger partial charge in [0, 0.05) is 12.1 Å². The summed E-state index contributed by atoms with van der Waals surface area (Å²) in [7, 11) is 1.88. The second kappa shape index (κ2) is 7.40. The van der Waals surface area contributed by atoms with E-state index < -0.39 is 0 Å². The van der Waals surface area contributed by atoms with Crippen LogP contribution in [-0.2, 0) is 11.3 Å². The zero-order valence-corrected chi connectivity index (χ0v) is 11.5. The van der Waals surface area contributed by atoms with Gasteiger partial charge in [0.1, 0.15) is 12.7 Å². The first kappa shape index (κ1) is 14.2. The van der Waals surface area contributed by atoms with Crippen LogP contribution in [0.25, 0.3) is 0 Å². The third-order valence-corrected chi connectivity index (χ3v) is 2.88. The molecule has 1 heterocycles. The quantitative estimate of drug-likeness (QED) is 0.745. The third-order valence-electron chi connectivity index (χ3n) is 2.88. The Morgan fingerprint density at radius 3 is 2.75 bits per heavy atom. The van der Waals surface area contributed by atoms with Crippen molar-refractivity contribution in [1.82, 2.24) is 20.1 Å². The number of rotatable bonds is 7. The standard InChI is InChI=1S/C14H19N5O/c1-15-8-2-3-14(20)18-13-6-4-12(5-7-13)9-19-11-16-10-17-19/h4-7,10-11,15H,2-3,8-9H2,1H3,(H,18,20). The number of aromatic nitrogens is 3. The van der Waals surface area contributed by atoms with Gasteiger partial charge in [-0.25, -0.2) is 9.67 Å². The zero-order chi connectivity index (χ0) is 14.2. The molecule has 2 aromatic rings. The number of hydrogen-bond acceptors (Lipinski definition) is 4. The maximum absolute atomic E-state index is 11.7. The molecule has 20 heavy (non-hydrogen) atoms. The van der Waals surface area contributed by atoms with E-state index in [2.05, 4.69) is 20.7 Å². The van der Waals surface area contributed by atoms with Crippen molar-refractivity contribution in [3.63, 3.8) is 0 Å². The Kier molecular flexibility index (Phi) is 5.25. The number of nitrogens with one attached hydrogen (secondary N) is 2. The first-order chi connectivity index (χ1) is 9.78. The fourth-order valence-corrected chi connectivity index (χ4v) is 1.84. The van der Waals surface area contributed by atoms with Crippen molar-refractivity contribution in [3.8, 4) is 0 Å². The molecule has 0 fully saturated rings. The van der Waals surface area contributed by atoms with Crippen LogP contribution in [0.1, 0.15) is 18.4 Å². The molecule has 2 N–H and O–H groups in total. The number of anilines is 1. The van der Waals surface area contributed by atoms with E-state index in [9.17, 15) is 4.79 Å². The van der Waals surface area contributed by atoms with Crippen molar-refractivity contribution in [2.45, 2.75) is 19.4 Å². The first-order valence-electron chi connectivity index (χ1n) is 6.64. The molecule has 0 radical (unpaired) electrons. The van der Waals surface area contributed by atoms with Crippen molar-refractivity contribution in [1.29, 1.82) is 0 Å². The lowest BCUT2D eigenvalue weighted by Crippen LogP contribution is -2.15. The highest BCUT2D eigenvalue weighted by molar-refractivity contribution is 5.90. The zero-order valence-electron chi connectivity index (χ0n) is 11.5. The predicted molar refractivity (Wildman–Crippen MR) is 77.4 cm³/mol. The Morgan fingerprint density at radius 1 is 1.30 bits per heavy atom. The highest BCUT2D eigenvalue weighted by atomic mass is 16.1. The molecule has 0 spiro atoms. The van der Waals surface area contributed by atoms with Gasteiger partial charge in [-0.2, -0.15) is 5.10 Å². The molecule has 1 aromatic heterocycles. The highest BCUT2D eigenvalue weighted by Crippen LogP contribution is 2.11. The number of carbonyl (C=O) groups excluding carboxylic acids is 1. The van der Waals surface area contributed by atoms with Crippen LogP contribution in [0.2, 0.25) is 0 Å². The molecule has 2 rings (SSSR count). The molecule has 1 amide bonds. The molecule has 0 saturated carbocycles. The number of nitrogens with zero attached hydrogens (tertiary/aromatic N) is 3. The average Bonchev–Trinajstić information content (AvgIpc) is 2.94. The number of benzene rings is 1. The van der Waals surface area contributed by atoms with Gasteiger partial charge in [-0.15, -0.1) is 0 Å². The lowest BCUT2D eigenvalue weighted by atomic mass is 10.2. The van der Waals surface area contributed by atoms with Crippen LogP contribution in [0, 0.1) is 0 Å². The summed E-state index contributed by atoms with van der Waals surface area (Å²) in [5, 5.41) is 9.96. The number of carbonyl (C=O) groups is 1. The molecular weight excluding hydrogens is 254 g/mol. The van der Waals surface area contributed by atoms with Crippen LogP contribution in [-0.4, -0.2) is 34.3 Å². The second-order valence-electron chi connectivity index (χ2n) is 4.55. The van der Waals surface area contributed by atoms with E-state index in [-0.39, 0.29) is 5.91 Å². The SMILES string of the molecule is CNCCCC(=O)Nc1ccc(Cn2cncn2)cc1. The Labute approximate surface area is 118 Å². The van der Waals surface area contributed by atoms with Gasteiger partial charge >= 0.3 is 0 Å². The normalized spacial score (nSPS) is 10.4.